The fraction of sp³-hybridized carbons (Fsp3) is 1.00. The molecule has 1 atom stereocenters. The van der Waals surface area contributed by atoms with Crippen LogP contribution < -0.4 is 5.32 Å². The Bertz CT molecular complexity index is 408. The smallest absolute Gasteiger partial charge is 0.267 e. The number of hydrogen-bond donors (Lipinski definition) is 3. The lowest BCUT2D eigenvalue weighted by atomic mass is 9.54. The summed E-state index contributed by atoms with van der Waals surface area (Å²) in [6.45, 7) is 0.257. The molecule has 0 amide bonds. The Labute approximate surface area is 114 Å². The summed E-state index contributed by atoms with van der Waals surface area (Å²) in [6.07, 6.45) is 5.55. The Balaban J connectivity index is 1.53. The molecular formula is C13H23NO4S. The molecule has 4 saturated carbocycles. The standard InChI is InChI=1S/C13H23NO4S/c15-12(7-19(16,17)18)6-14-13-10-2-8-1-9(4-10)5-11(13)3-8/h8-15H,1-7H2,(H,16,17,18). The molecule has 0 heterocycles. The minimum Gasteiger partial charge on any atom is -0.391 e. The van der Waals surface area contributed by atoms with Gasteiger partial charge in [0, 0.05) is 12.6 Å². The zero-order valence-electron chi connectivity index (χ0n) is 11.0. The third kappa shape index (κ3) is 3.12. The number of aliphatic hydroxyl groups is 1. The van der Waals surface area contributed by atoms with E-state index in [-0.39, 0.29) is 6.54 Å². The van der Waals surface area contributed by atoms with Gasteiger partial charge in [0.05, 0.1) is 6.10 Å². The highest BCUT2D eigenvalue weighted by atomic mass is 32.2. The molecule has 4 aliphatic carbocycles. The summed E-state index contributed by atoms with van der Waals surface area (Å²) in [6, 6.07) is 0.434. The van der Waals surface area contributed by atoms with Gasteiger partial charge in [-0.3, -0.25) is 4.55 Å². The van der Waals surface area contributed by atoms with Gasteiger partial charge in [-0.05, 0) is 55.8 Å². The van der Waals surface area contributed by atoms with Crippen molar-refractivity contribution in [1.82, 2.24) is 5.32 Å². The quantitative estimate of drug-likeness (QED) is 0.647. The van der Waals surface area contributed by atoms with Gasteiger partial charge in [-0.15, -0.1) is 0 Å². The van der Waals surface area contributed by atoms with Crippen LogP contribution in [0.15, 0.2) is 0 Å². The van der Waals surface area contributed by atoms with E-state index >= 15 is 0 Å². The van der Waals surface area contributed by atoms with Crippen molar-refractivity contribution in [3.63, 3.8) is 0 Å². The lowest BCUT2D eigenvalue weighted by Crippen LogP contribution is -2.55. The summed E-state index contributed by atoms with van der Waals surface area (Å²) in [5, 5.41) is 13.0. The fourth-order valence-corrected chi connectivity index (χ4v) is 5.44. The Kier molecular flexibility index (Phi) is 3.62. The highest BCUT2D eigenvalue weighted by Gasteiger charge is 2.47. The van der Waals surface area contributed by atoms with Crippen LogP contribution in [0.3, 0.4) is 0 Å². The van der Waals surface area contributed by atoms with Crippen LogP contribution in [0.5, 0.6) is 0 Å². The molecule has 0 aromatic rings. The number of hydrogen-bond acceptors (Lipinski definition) is 4. The molecule has 1 unspecified atom stereocenters. The Morgan fingerprint density at radius 1 is 1.05 bits per heavy atom. The molecule has 0 aromatic carbocycles. The minimum absolute atomic E-state index is 0.257. The maximum absolute atomic E-state index is 10.7. The van der Waals surface area contributed by atoms with Gasteiger partial charge in [0.1, 0.15) is 5.75 Å². The van der Waals surface area contributed by atoms with Crippen molar-refractivity contribution < 1.29 is 18.1 Å². The molecule has 6 heteroatoms. The first-order valence-corrected chi connectivity index (χ1v) is 8.88. The average molecular weight is 289 g/mol. The predicted molar refractivity (Wildman–Crippen MR) is 71.3 cm³/mol. The Morgan fingerprint density at radius 2 is 1.58 bits per heavy atom. The van der Waals surface area contributed by atoms with E-state index in [1.807, 2.05) is 0 Å². The van der Waals surface area contributed by atoms with Gasteiger partial charge in [0.15, 0.2) is 0 Å². The Morgan fingerprint density at radius 3 is 2.05 bits per heavy atom. The number of nitrogens with one attached hydrogen (secondary N) is 1. The van der Waals surface area contributed by atoms with Gasteiger partial charge in [-0.2, -0.15) is 8.42 Å². The number of aliphatic hydroxyl groups excluding tert-OH is 1. The van der Waals surface area contributed by atoms with E-state index in [0.717, 1.165) is 11.8 Å². The first kappa shape index (κ1) is 13.8. The van der Waals surface area contributed by atoms with Crippen LogP contribution in [0.1, 0.15) is 32.1 Å². The first-order valence-electron chi connectivity index (χ1n) is 7.27. The van der Waals surface area contributed by atoms with Crippen LogP contribution >= 0.6 is 0 Å². The van der Waals surface area contributed by atoms with Gasteiger partial charge < -0.3 is 10.4 Å². The van der Waals surface area contributed by atoms with Crippen molar-refractivity contribution in [2.45, 2.75) is 44.2 Å². The summed E-state index contributed by atoms with van der Waals surface area (Å²) in [5.41, 5.74) is 0. The molecule has 4 fully saturated rings. The lowest BCUT2D eigenvalue weighted by Gasteiger charge is -2.54. The van der Waals surface area contributed by atoms with Crippen molar-refractivity contribution >= 4 is 10.1 Å². The van der Waals surface area contributed by atoms with Crippen LogP contribution in [0.25, 0.3) is 0 Å². The Hall–Kier alpha value is -0.170. The number of rotatable bonds is 5. The summed E-state index contributed by atoms with van der Waals surface area (Å²) in [4.78, 5) is 0. The lowest BCUT2D eigenvalue weighted by molar-refractivity contribution is -0.0166. The van der Waals surface area contributed by atoms with Gasteiger partial charge in [-0.25, -0.2) is 0 Å². The molecule has 5 nitrogen and oxygen atoms in total. The predicted octanol–water partition coefficient (Wildman–Crippen LogP) is 0.649. The topological polar surface area (TPSA) is 86.6 Å². The zero-order chi connectivity index (χ0) is 13.6. The summed E-state index contributed by atoms with van der Waals surface area (Å²) < 4.78 is 30.1. The average Bonchev–Trinajstić information content (AvgIpc) is 2.24. The third-order valence-electron chi connectivity index (χ3n) is 5.22. The van der Waals surface area contributed by atoms with Crippen LogP contribution in [0, 0.1) is 23.7 Å². The molecule has 4 aliphatic rings. The van der Waals surface area contributed by atoms with E-state index in [1.54, 1.807) is 0 Å². The SMILES string of the molecule is O=S(=O)(O)CC(O)CNC1C2CC3CC(C2)CC1C3. The first-order chi connectivity index (χ1) is 8.90. The van der Waals surface area contributed by atoms with E-state index in [1.165, 1.54) is 32.1 Å². The molecule has 0 radical (unpaired) electrons. The second kappa shape index (κ2) is 4.98. The van der Waals surface area contributed by atoms with Crippen molar-refractivity contribution in [3.8, 4) is 0 Å². The summed E-state index contributed by atoms with van der Waals surface area (Å²) in [5.74, 6) is 2.64. The molecule has 0 aromatic heterocycles. The van der Waals surface area contributed by atoms with Crippen molar-refractivity contribution in [1.29, 1.82) is 0 Å². The van der Waals surface area contributed by atoms with Crippen molar-refractivity contribution in [2.24, 2.45) is 23.7 Å². The largest absolute Gasteiger partial charge is 0.391 e. The molecule has 3 N–H and O–H groups in total. The summed E-state index contributed by atoms with van der Waals surface area (Å²) >= 11 is 0. The van der Waals surface area contributed by atoms with E-state index in [4.69, 9.17) is 4.55 Å². The molecule has 110 valence electrons. The second-order valence-electron chi connectivity index (χ2n) is 6.77. The minimum atomic E-state index is -4.09. The molecule has 0 spiro atoms. The monoisotopic (exact) mass is 289 g/mol. The second-order valence-corrected chi connectivity index (χ2v) is 8.26. The van der Waals surface area contributed by atoms with E-state index in [0.29, 0.717) is 17.9 Å². The van der Waals surface area contributed by atoms with Crippen LogP contribution in [-0.4, -0.2) is 42.5 Å². The maximum Gasteiger partial charge on any atom is 0.267 e. The van der Waals surface area contributed by atoms with Crippen LogP contribution in [0.2, 0.25) is 0 Å². The van der Waals surface area contributed by atoms with E-state index in [2.05, 4.69) is 5.32 Å². The fourth-order valence-electron chi connectivity index (χ4n) is 4.83. The molecule has 0 aliphatic heterocycles. The van der Waals surface area contributed by atoms with Gasteiger partial charge in [0.25, 0.3) is 10.1 Å². The van der Waals surface area contributed by atoms with Crippen molar-refractivity contribution in [2.75, 3.05) is 12.3 Å². The highest BCUT2D eigenvalue weighted by molar-refractivity contribution is 7.85. The summed E-state index contributed by atoms with van der Waals surface area (Å²) in [7, 11) is -4.09. The zero-order valence-corrected chi connectivity index (χ0v) is 11.8. The molecular weight excluding hydrogens is 266 g/mol. The van der Waals surface area contributed by atoms with E-state index in [9.17, 15) is 13.5 Å². The van der Waals surface area contributed by atoms with Gasteiger partial charge in [-0.1, -0.05) is 0 Å². The third-order valence-corrected chi connectivity index (χ3v) is 6.02. The maximum atomic E-state index is 10.7. The normalized spacial score (nSPS) is 42.5. The highest BCUT2D eigenvalue weighted by Crippen LogP contribution is 2.53. The molecule has 4 rings (SSSR count). The van der Waals surface area contributed by atoms with Crippen LogP contribution in [0.4, 0.5) is 0 Å². The molecule has 19 heavy (non-hydrogen) atoms. The van der Waals surface area contributed by atoms with Gasteiger partial charge in [0.2, 0.25) is 0 Å². The molecule has 4 bridgehead atoms. The van der Waals surface area contributed by atoms with E-state index < -0.39 is 22.0 Å². The van der Waals surface area contributed by atoms with Crippen LogP contribution in [-0.2, 0) is 10.1 Å². The molecule has 0 saturated heterocycles. The van der Waals surface area contributed by atoms with Crippen molar-refractivity contribution in [3.05, 3.63) is 0 Å². The van der Waals surface area contributed by atoms with Gasteiger partial charge >= 0.3 is 0 Å².